The summed E-state index contributed by atoms with van der Waals surface area (Å²) < 4.78 is 0. The first-order chi connectivity index (χ1) is 8.77. The van der Waals surface area contributed by atoms with E-state index < -0.39 is 0 Å². The summed E-state index contributed by atoms with van der Waals surface area (Å²) >= 11 is 1.87. The van der Waals surface area contributed by atoms with Gasteiger partial charge in [-0.15, -0.1) is 0 Å². The Kier molecular flexibility index (Phi) is 7.89. The van der Waals surface area contributed by atoms with E-state index in [0.29, 0.717) is 11.8 Å². The molecule has 0 aromatic heterocycles. The molecule has 3 N–H and O–H groups in total. The smallest absolute Gasteiger partial charge is 0.115 e. The second-order valence-electron chi connectivity index (χ2n) is 4.20. The van der Waals surface area contributed by atoms with Gasteiger partial charge in [-0.25, -0.2) is 0 Å². The first-order valence-electron chi connectivity index (χ1n) is 6.48. The van der Waals surface area contributed by atoms with E-state index in [2.05, 4.69) is 12.2 Å². The molecule has 0 radical (unpaired) electrons. The minimum atomic E-state index is 0.283. The molecular weight excluding hydrogens is 246 g/mol. The van der Waals surface area contributed by atoms with Crippen LogP contribution in [0, 0.1) is 0 Å². The van der Waals surface area contributed by atoms with Crippen molar-refractivity contribution in [3.8, 4) is 5.75 Å². The summed E-state index contributed by atoms with van der Waals surface area (Å²) in [4.78, 5) is 0. The van der Waals surface area contributed by atoms with E-state index in [1.54, 1.807) is 12.1 Å². The summed E-state index contributed by atoms with van der Waals surface area (Å²) in [7, 11) is 0. The van der Waals surface area contributed by atoms with Crippen molar-refractivity contribution in [1.82, 2.24) is 5.32 Å². The summed E-state index contributed by atoms with van der Waals surface area (Å²) in [5, 5.41) is 21.5. The summed E-state index contributed by atoms with van der Waals surface area (Å²) in [6, 6.07) is 7.75. The molecule has 0 heterocycles. The highest BCUT2D eigenvalue weighted by atomic mass is 32.2. The standard InChI is InChI=1S/C14H23NO2S/c1-2-14(12-4-6-13(17)7-5-12)15-8-11-18-10-3-9-16/h4-7,14-17H,2-3,8-11H2,1H3. The van der Waals surface area contributed by atoms with Crippen LogP contribution in [0.25, 0.3) is 0 Å². The zero-order chi connectivity index (χ0) is 13.2. The van der Waals surface area contributed by atoms with Crippen LogP contribution in [-0.2, 0) is 0 Å². The number of phenols is 1. The lowest BCUT2D eigenvalue weighted by atomic mass is 10.0. The molecule has 0 bridgehead atoms. The Morgan fingerprint density at radius 2 is 1.94 bits per heavy atom. The van der Waals surface area contributed by atoms with E-state index >= 15 is 0 Å². The summed E-state index contributed by atoms with van der Waals surface area (Å²) in [5.41, 5.74) is 1.22. The first-order valence-corrected chi connectivity index (χ1v) is 7.64. The van der Waals surface area contributed by atoms with Crippen LogP contribution >= 0.6 is 11.8 Å². The SMILES string of the molecule is CCC(NCCSCCCO)c1ccc(O)cc1. The minimum absolute atomic E-state index is 0.283. The molecule has 0 aliphatic carbocycles. The molecule has 0 saturated carbocycles. The van der Waals surface area contributed by atoms with Gasteiger partial charge in [0.2, 0.25) is 0 Å². The highest BCUT2D eigenvalue weighted by Gasteiger charge is 2.07. The van der Waals surface area contributed by atoms with Gasteiger partial charge in [0, 0.05) is 24.9 Å². The van der Waals surface area contributed by atoms with E-state index in [1.165, 1.54) is 5.56 Å². The van der Waals surface area contributed by atoms with Crippen molar-refractivity contribution in [2.45, 2.75) is 25.8 Å². The van der Waals surface area contributed by atoms with Crippen molar-refractivity contribution < 1.29 is 10.2 Å². The number of nitrogens with one attached hydrogen (secondary N) is 1. The molecule has 102 valence electrons. The van der Waals surface area contributed by atoms with Crippen LogP contribution in [0.1, 0.15) is 31.4 Å². The fourth-order valence-corrected chi connectivity index (χ4v) is 2.58. The Balaban J connectivity index is 2.27. The lowest BCUT2D eigenvalue weighted by Gasteiger charge is -2.17. The van der Waals surface area contributed by atoms with Gasteiger partial charge in [-0.3, -0.25) is 0 Å². The van der Waals surface area contributed by atoms with Gasteiger partial charge in [-0.1, -0.05) is 19.1 Å². The second-order valence-corrected chi connectivity index (χ2v) is 5.42. The van der Waals surface area contributed by atoms with Crippen LogP contribution in [-0.4, -0.2) is 34.9 Å². The second kappa shape index (κ2) is 9.25. The van der Waals surface area contributed by atoms with E-state index in [4.69, 9.17) is 5.11 Å². The highest BCUT2D eigenvalue weighted by molar-refractivity contribution is 7.99. The summed E-state index contributed by atoms with van der Waals surface area (Å²) in [6.07, 6.45) is 1.91. The third-order valence-corrected chi connectivity index (χ3v) is 3.86. The number of aliphatic hydroxyl groups is 1. The van der Waals surface area contributed by atoms with E-state index in [-0.39, 0.29) is 6.61 Å². The van der Waals surface area contributed by atoms with E-state index in [9.17, 15) is 5.11 Å². The van der Waals surface area contributed by atoms with Gasteiger partial charge in [0.05, 0.1) is 0 Å². The molecule has 0 amide bonds. The van der Waals surface area contributed by atoms with Gasteiger partial charge in [0.25, 0.3) is 0 Å². The van der Waals surface area contributed by atoms with Crippen LogP contribution in [0.15, 0.2) is 24.3 Å². The maximum Gasteiger partial charge on any atom is 0.115 e. The zero-order valence-electron chi connectivity index (χ0n) is 10.9. The third kappa shape index (κ3) is 5.76. The van der Waals surface area contributed by atoms with Crippen molar-refractivity contribution >= 4 is 11.8 Å². The topological polar surface area (TPSA) is 52.5 Å². The molecule has 0 aliphatic rings. The van der Waals surface area contributed by atoms with Gasteiger partial charge in [-0.2, -0.15) is 11.8 Å². The maximum atomic E-state index is 9.26. The average molecular weight is 269 g/mol. The lowest BCUT2D eigenvalue weighted by molar-refractivity contribution is 0.296. The van der Waals surface area contributed by atoms with Crippen molar-refractivity contribution in [3.63, 3.8) is 0 Å². The number of phenolic OH excluding ortho intramolecular Hbond substituents is 1. The normalized spacial score (nSPS) is 12.6. The van der Waals surface area contributed by atoms with Crippen LogP contribution in [0.4, 0.5) is 0 Å². The molecule has 1 rings (SSSR count). The number of aromatic hydroxyl groups is 1. The lowest BCUT2D eigenvalue weighted by Crippen LogP contribution is -2.23. The van der Waals surface area contributed by atoms with Crippen LogP contribution < -0.4 is 5.32 Å². The molecule has 1 aromatic carbocycles. The van der Waals surface area contributed by atoms with E-state index in [1.807, 2.05) is 23.9 Å². The summed E-state index contributed by atoms with van der Waals surface area (Å²) in [6.45, 7) is 3.41. The number of thioether (sulfide) groups is 1. The Hall–Kier alpha value is -0.710. The largest absolute Gasteiger partial charge is 0.508 e. The molecule has 18 heavy (non-hydrogen) atoms. The number of rotatable bonds is 9. The molecule has 0 aliphatic heterocycles. The highest BCUT2D eigenvalue weighted by Crippen LogP contribution is 2.19. The van der Waals surface area contributed by atoms with Crippen molar-refractivity contribution in [2.24, 2.45) is 0 Å². The Bertz CT molecular complexity index is 316. The number of aliphatic hydroxyl groups excluding tert-OH is 1. The van der Waals surface area contributed by atoms with Gasteiger partial charge in [-0.05, 0) is 36.3 Å². The average Bonchev–Trinajstić information content (AvgIpc) is 2.39. The predicted molar refractivity (Wildman–Crippen MR) is 78.2 cm³/mol. The Morgan fingerprint density at radius 1 is 1.22 bits per heavy atom. The molecule has 3 nitrogen and oxygen atoms in total. The monoisotopic (exact) mass is 269 g/mol. The molecule has 0 spiro atoms. The Labute approximate surface area is 114 Å². The zero-order valence-corrected chi connectivity index (χ0v) is 11.7. The molecule has 4 heteroatoms. The maximum absolute atomic E-state index is 9.26. The molecule has 1 atom stereocenters. The van der Waals surface area contributed by atoms with Gasteiger partial charge < -0.3 is 15.5 Å². The van der Waals surface area contributed by atoms with E-state index in [0.717, 1.165) is 30.9 Å². The molecule has 1 aromatic rings. The molecule has 0 saturated heterocycles. The van der Waals surface area contributed by atoms with Crippen molar-refractivity contribution in [3.05, 3.63) is 29.8 Å². The van der Waals surface area contributed by atoms with Crippen molar-refractivity contribution in [1.29, 1.82) is 0 Å². The number of benzene rings is 1. The minimum Gasteiger partial charge on any atom is -0.508 e. The van der Waals surface area contributed by atoms with Gasteiger partial charge >= 0.3 is 0 Å². The van der Waals surface area contributed by atoms with Crippen molar-refractivity contribution in [2.75, 3.05) is 24.7 Å². The molecule has 1 unspecified atom stereocenters. The summed E-state index contributed by atoms with van der Waals surface area (Å²) in [5.74, 6) is 2.40. The molecular formula is C14H23NO2S. The van der Waals surface area contributed by atoms with Gasteiger partial charge in [0.15, 0.2) is 0 Å². The first kappa shape index (κ1) is 15.3. The predicted octanol–water partition coefficient (Wildman–Crippen LogP) is 2.55. The Morgan fingerprint density at radius 3 is 2.56 bits per heavy atom. The fraction of sp³-hybridized carbons (Fsp3) is 0.571. The van der Waals surface area contributed by atoms with Crippen LogP contribution in [0.3, 0.4) is 0 Å². The van der Waals surface area contributed by atoms with Crippen LogP contribution in [0.2, 0.25) is 0 Å². The fourth-order valence-electron chi connectivity index (χ4n) is 1.78. The molecule has 0 fully saturated rings. The van der Waals surface area contributed by atoms with Gasteiger partial charge in [0.1, 0.15) is 5.75 Å². The third-order valence-electron chi connectivity index (χ3n) is 2.79. The van der Waals surface area contributed by atoms with Crippen LogP contribution in [0.5, 0.6) is 5.75 Å². The quantitative estimate of drug-likeness (QED) is 0.603. The number of hydrogen-bond acceptors (Lipinski definition) is 4. The number of hydrogen-bond donors (Lipinski definition) is 3.